The molecular formula is C14H19F4N. The minimum atomic E-state index is -4.64. The monoisotopic (exact) mass is 277 g/mol. The summed E-state index contributed by atoms with van der Waals surface area (Å²) in [4.78, 5) is 0. The van der Waals surface area contributed by atoms with E-state index < -0.39 is 17.6 Å². The molecule has 0 aliphatic rings. The maximum absolute atomic E-state index is 13.1. The second-order valence-corrected chi connectivity index (χ2v) is 4.63. The highest BCUT2D eigenvalue weighted by Crippen LogP contribution is 2.31. The molecule has 0 bridgehead atoms. The second kappa shape index (κ2) is 6.89. The Bertz CT molecular complexity index is 397. The van der Waals surface area contributed by atoms with Crippen LogP contribution in [0.5, 0.6) is 0 Å². The molecular weight excluding hydrogens is 258 g/mol. The zero-order valence-corrected chi connectivity index (χ0v) is 11.1. The number of alkyl halides is 3. The van der Waals surface area contributed by atoms with Crippen molar-refractivity contribution in [2.45, 2.75) is 39.4 Å². The Morgan fingerprint density at radius 1 is 1.16 bits per heavy atom. The molecule has 0 atom stereocenters. The minimum absolute atomic E-state index is 0.319. The summed E-state index contributed by atoms with van der Waals surface area (Å²) in [6, 6.07) is 3.12. The topological polar surface area (TPSA) is 12.0 Å². The first kappa shape index (κ1) is 16.0. The summed E-state index contributed by atoms with van der Waals surface area (Å²) in [5.74, 6) is -0.709. The van der Waals surface area contributed by atoms with Crippen molar-refractivity contribution >= 4 is 0 Å². The molecule has 0 aliphatic carbocycles. The molecule has 5 heteroatoms. The number of hydrogen-bond acceptors (Lipinski definition) is 1. The van der Waals surface area contributed by atoms with Crippen molar-refractivity contribution in [1.82, 2.24) is 5.32 Å². The molecule has 108 valence electrons. The second-order valence-electron chi connectivity index (χ2n) is 4.63. The van der Waals surface area contributed by atoms with Crippen LogP contribution in [-0.2, 0) is 12.7 Å². The summed E-state index contributed by atoms with van der Waals surface area (Å²) < 4.78 is 50.7. The lowest BCUT2D eigenvalue weighted by atomic mass is 10.0. The lowest BCUT2D eigenvalue weighted by molar-refractivity contribution is -0.140. The lowest BCUT2D eigenvalue weighted by Crippen LogP contribution is -2.22. The van der Waals surface area contributed by atoms with Crippen LogP contribution in [0.1, 0.15) is 37.8 Å². The van der Waals surface area contributed by atoms with Gasteiger partial charge in [-0.25, -0.2) is 4.39 Å². The normalized spacial score (nSPS) is 12.2. The average molecular weight is 277 g/mol. The van der Waals surface area contributed by atoms with Crippen LogP contribution < -0.4 is 5.32 Å². The van der Waals surface area contributed by atoms with E-state index in [0.717, 1.165) is 31.5 Å². The molecule has 1 aromatic carbocycles. The summed E-state index contributed by atoms with van der Waals surface area (Å²) in [7, 11) is 0. The number of benzene rings is 1. The van der Waals surface area contributed by atoms with E-state index in [-0.39, 0.29) is 0 Å². The van der Waals surface area contributed by atoms with Gasteiger partial charge in [0.05, 0.1) is 5.56 Å². The van der Waals surface area contributed by atoms with E-state index >= 15 is 0 Å². The Kier molecular flexibility index (Phi) is 5.79. The van der Waals surface area contributed by atoms with Crippen LogP contribution in [0.2, 0.25) is 0 Å². The van der Waals surface area contributed by atoms with Gasteiger partial charge in [-0.05, 0) is 30.2 Å². The van der Waals surface area contributed by atoms with E-state index in [4.69, 9.17) is 0 Å². The molecule has 0 radical (unpaired) electrons. The fourth-order valence-electron chi connectivity index (χ4n) is 1.90. The summed E-state index contributed by atoms with van der Waals surface area (Å²) >= 11 is 0. The summed E-state index contributed by atoms with van der Waals surface area (Å²) in [6.45, 7) is 5.23. The Labute approximate surface area is 111 Å². The van der Waals surface area contributed by atoms with Crippen LogP contribution in [-0.4, -0.2) is 6.54 Å². The van der Waals surface area contributed by atoms with Gasteiger partial charge in [0.1, 0.15) is 5.82 Å². The van der Waals surface area contributed by atoms with Crippen LogP contribution in [0.15, 0.2) is 18.2 Å². The van der Waals surface area contributed by atoms with Gasteiger partial charge >= 0.3 is 6.18 Å². The molecule has 0 fully saturated rings. The van der Waals surface area contributed by atoms with Gasteiger partial charge < -0.3 is 5.32 Å². The van der Waals surface area contributed by atoms with Crippen molar-refractivity contribution in [2.24, 2.45) is 5.92 Å². The molecule has 0 aliphatic heterocycles. The van der Waals surface area contributed by atoms with E-state index in [2.05, 4.69) is 19.2 Å². The SMILES string of the molecule is CCC(CC)CNCc1ccc(F)c(C(F)(F)F)c1. The first-order valence-electron chi connectivity index (χ1n) is 6.44. The maximum atomic E-state index is 13.1. The van der Waals surface area contributed by atoms with Gasteiger partial charge in [0, 0.05) is 6.54 Å². The smallest absolute Gasteiger partial charge is 0.312 e. The van der Waals surface area contributed by atoms with E-state index in [1.54, 1.807) is 0 Å². The molecule has 0 amide bonds. The predicted molar refractivity (Wildman–Crippen MR) is 67.2 cm³/mol. The van der Waals surface area contributed by atoms with Crippen LogP contribution in [0, 0.1) is 11.7 Å². The van der Waals surface area contributed by atoms with Crippen molar-refractivity contribution < 1.29 is 17.6 Å². The van der Waals surface area contributed by atoms with Gasteiger partial charge in [-0.1, -0.05) is 32.8 Å². The van der Waals surface area contributed by atoms with Gasteiger partial charge in [0.2, 0.25) is 0 Å². The minimum Gasteiger partial charge on any atom is -0.312 e. The van der Waals surface area contributed by atoms with E-state index in [1.165, 1.54) is 6.07 Å². The Morgan fingerprint density at radius 3 is 2.32 bits per heavy atom. The molecule has 1 N–H and O–H groups in total. The summed E-state index contributed by atoms with van der Waals surface area (Å²) in [6.07, 6.45) is -2.59. The average Bonchev–Trinajstić information content (AvgIpc) is 2.35. The molecule has 1 nitrogen and oxygen atoms in total. The van der Waals surface area contributed by atoms with Gasteiger partial charge in [-0.2, -0.15) is 13.2 Å². The zero-order valence-electron chi connectivity index (χ0n) is 11.1. The molecule has 0 saturated heterocycles. The Balaban J connectivity index is 2.65. The Hall–Kier alpha value is -1.10. The molecule has 0 spiro atoms. The molecule has 1 rings (SSSR count). The van der Waals surface area contributed by atoms with Crippen molar-refractivity contribution in [1.29, 1.82) is 0 Å². The third-order valence-corrected chi connectivity index (χ3v) is 3.25. The van der Waals surface area contributed by atoms with E-state index in [0.29, 0.717) is 18.0 Å². The highest BCUT2D eigenvalue weighted by Gasteiger charge is 2.34. The first-order valence-corrected chi connectivity index (χ1v) is 6.44. The highest BCUT2D eigenvalue weighted by molar-refractivity contribution is 5.27. The van der Waals surface area contributed by atoms with Crippen LogP contribution >= 0.6 is 0 Å². The van der Waals surface area contributed by atoms with Crippen LogP contribution in [0.3, 0.4) is 0 Å². The predicted octanol–water partition coefficient (Wildman–Crippen LogP) is 4.37. The molecule has 19 heavy (non-hydrogen) atoms. The summed E-state index contributed by atoms with van der Waals surface area (Å²) in [5, 5.41) is 3.11. The standard InChI is InChI=1S/C14H19F4N/c1-3-10(4-2)8-19-9-11-5-6-13(15)12(7-11)14(16,17)18/h5-7,10,19H,3-4,8-9H2,1-2H3. The molecule has 1 aromatic rings. The lowest BCUT2D eigenvalue weighted by Gasteiger charge is -2.14. The number of hydrogen-bond donors (Lipinski definition) is 1. The van der Waals surface area contributed by atoms with E-state index in [9.17, 15) is 17.6 Å². The molecule has 0 heterocycles. The zero-order chi connectivity index (χ0) is 14.5. The number of halogens is 4. The van der Waals surface area contributed by atoms with Crippen molar-refractivity contribution in [3.8, 4) is 0 Å². The van der Waals surface area contributed by atoms with Crippen molar-refractivity contribution in [3.05, 3.63) is 35.1 Å². The van der Waals surface area contributed by atoms with E-state index in [1.807, 2.05) is 0 Å². The molecule has 0 aromatic heterocycles. The third kappa shape index (κ3) is 4.82. The largest absolute Gasteiger partial charge is 0.419 e. The highest BCUT2D eigenvalue weighted by atomic mass is 19.4. The maximum Gasteiger partial charge on any atom is 0.419 e. The van der Waals surface area contributed by atoms with Gasteiger partial charge in [0.15, 0.2) is 0 Å². The molecule has 0 saturated carbocycles. The quantitative estimate of drug-likeness (QED) is 0.761. The summed E-state index contributed by atoms with van der Waals surface area (Å²) in [5.41, 5.74) is -0.756. The Morgan fingerprint density at radius 2 is 1.79 bits per heavy atom. The van der Waals surface area contributed by atoms with Gasteiger partial charge in [-0.3, -0.25) is 0 Å². The van der Waals surface area contributed by atoms with Crippen molar-refractivity contribution in [3.63, 3.8) is 0 Å². The van der Waals surface area contributed by atoms with Crippen LogP contribution in [0.25, 0.3) is 0 Å². The fourth-order valence-corrected chi connectivity index (χ4v) is 1.90. The first-order chi connectivity index (χ1) is 8.88. The molecule has 0 unspecified atom stereocenters. The number of rotatable bonds is 6. The van der Waals surface area contributed by atoms with Gasteiger partial charge in [-0.15, -0.1) is 0 Å². The number of nitrogens with one attached hydrogen (secondary N) is 1. The van der Waals surface area contributed by atoms with Crippen LogP contribution in [0.4, 0.5) is 17.6 Å². The van der Waals surface area contributed by atoms with Crippen molar-refractivity contribution in [2.75, 3.05) is 6.54 Å². The van der Waals surface area contributed by atoms with Gasteiger partial charge in [0.25, 0.3) is 0 Å². The third-order valence-electron chi connectivity index (χ3n) is 3.25. The fraction of sp³-hybridized carbons (Fsp3) is 0.571.